The average Bonchev–Trinajstić information content (AvgIpc) is 2.95. The molecule has 5 heteroatoms. The number of H-pyrrole nitrogens is 1. The minimum absolute atomic E-state index is 0.273. The van der Waals surface area contributed by atoms with E-state index in [-0.39, 0.29) is 5.91 Å². The molecule has 102 valence electrons. The molecule has 0 spiro atoms. The van der Waals surface area contributed by atoms with Crippen molar-refractivity contribution in [3.63, 3.8) is 0 Å². The van der Waals surface area contributed by atoms with Gasteiger partial charge in [0, 0.05) is 38.8 Å². The number of nitrogens with zero attached hydrogens (tertiary/aromatic N) is 3. The molecule has 0 radical (unpaired) electrons. The molecule has 19 heavy (non-hydrogen) atoms. The minimum atomic E-state index is 0.273. The van der Waals surface area contributed by atoms with Gasteiger partial charge in [-0.1, -0.05) is 0 Å². The van der Waals surface area contributed by atoms with Crippen molar-refractivity contribution in [2.75, 3.05) is 26.7 Å². The van der Waals surface area contributed by atoms with Gasteiger partial charge >= 0.3 is 0 Å². The van der Waals surface area contributed by atoms with E-state index in [0.717, 1.165) is 31.7 Å². The molecular weight excluding hydrogens is 240 g/mol. The second-order valence-electron chi connectivity index (χ2n) is 5.23. The Morgan fingerprint density at radius 1 is 1.63 bits per heavy atom. The molecule has 5 nitrogen and oxygen atoms in total. The van der Waals surface area contributed by atoms with E-state index in [1.54, 1.807) is 0 Å². The molecule has 1 N–H and O–H groups in total. The van der Waals surface area contributed by atoms with Crippen molar-refractivity contribution in [2.24, 2.45) is 5.92 Å². The molecule has 1 unspecified atom stereocenters. The molecule has 1 aliphatic rings. The Morgan fingerprint density at radius 2 is 2.42 bits per heavy atom. The normalized spacial score (nSPS) is 19.2. The first-order chi connectivity index (χ1) is 9.12. The van der Waals surface area contributed by atoms with E-state index in [4.69, 9.17) is 5.26 Å². The van der Waals surface area contributed by atoms with E-state index >= 15 is 0 Å². The van der Waals surface area contributed by atoms with Gasteiger partial charge in [0.1, 0.15) is 11.8 Å². The van der Waals surface area contributed by atoms with Gasteiger partial charge in [-0.15, -0.1) is 0 Å². The largest absolute Gasteiger partial charge is 0.353 e. The van der Waals surface area contributed by atoms with Crippen molar-refractivity contribution in [1.82, 2.24) is 14.8 Å². The first-order valence-electron chi connectivity index (χ1n) is 6.66. The van der Waals surface area contributed by atoms with Crippen LogP contribution in [0.1, 0.15) is 24.6 Å². The number of hydrogen-bond donors (Lipinski definition) is 1. The fourth-order valence-corrected chi connectivity index (χ4v) is 2.69. The molecule has 0 aliphatic carbocycles. The molecule has 1 aliphatic heterocycles. The first kappa shape index (κ1) is 13.6. The number of nitriles is 1. The lowest BCUT2D eigenvalue weighted by molar-refractivity contribution is -0.127. The van der Waals surface area contributed by atoms with Crippen LogP contribution < -0.4 is 0 Å². The third-order valence-corrected chi connectivity index (χ3v) is 3.56. The van der Waals surface area contributed by atoms with E-state index < -0.39 is 0 Å². The van der Waals surface area contributed by atoms with Gasteiger partial charge in [0.25, 0.3) is 0 Å². The van der Waals surface area contributed by atoms with Gasteiger partial charge in [-0.2, -0.15) is 5.26 Å². The third-order valence-electron chi connectivity index (χ3n) is 3.56. The second-order valence-corrected chi connectivity index (χ2v) is 5.23. The summed E-state index contributed by atoms with van der Waals surface area (Å²) in [6.07, 6.45) is 2.53. The summed E-state index contributed by atoms with van der Waals surface area (Å²) in [6.45, 7) is 5.41. The van der Waals surface area contributed by atoms with E-state index in [0.29, 0.717) is 18.0 Å². The number of aromatic nitrogens is 1. The number of amides is 1. The summed E-state index contributed by atoms with van der Waals surface area (Å²) >= 11 is 0. The maximum Gasteiger partial charge on any atom is 0.222 e. The fourth-order valence-electron chi connectivity index (χ4n) is 2.69. The van der Waals surface area contributed by atoms with Crippen LogP contribution in [0, 0.1) is 17.2 Å². The zero-order chi connectivity index (χ0) is 13.8. The standard InChI is InChI=1S/C14H20N4O/c1-3-18-10-12(5-14(18)19)9-17(2)8-11-4-13(6-15)16-7-11/h4,7,12,16H,3,5,8-10H2,1-2H3. The molecule has 1 aromatic heterocycles. The van der Waals surface area contributed by atoms with Crippen LogP contribution in [0.4, 0.5) is 0 Å². The quantitative estimate of drug-likeness (QED) is 0.865. The number of carbonyl (C=O) groups excluding carboxylic acids is 1. The van der Waals surface area contributed by atoms with Crippen LogP contribution in [0.25, 0.3) is 0 Å². The van der Waals surface area contributed by atoms with E-state index in [2.05, 4.69) is 23.0 Å². The summed E-state index contributed by atoms with van der Waals surface area (Å²) in [6, 6.07) is 3.96. The number of aromatic amines is 1. The van der Waals surface area contributed by atoms with Crippen molar-refractivity contribution in [3.05, 3.63) is 23.5 Å². The van der Waals surface area contributed by atoms with Crippen molar-refractivity contribution >= 4 is 5.91 Å². The fraction of sp³-hybridized carbons (Fsp3) is 0.571. The number of nitrogens with one attached hydrogen (secondary N) is 1. The highest BCUT2D eigenvalue weighted by molar-refractivity contribution is 5.78. The Hall–Kier alpha value is -1.80. The van der Waals surface area contributed by atoms with Crippen molar-refractivity contribution < 1.29 is 4.79 Å². The van der Waals surface area contributed by atoms with Gasteiger partial charge in [0.15, 0.2) is 0 Å². The van der Waals surface area contributed by atoms with Crippen LogP contribution in [-0.4, -0.2) is 47.4 Å². The van der Waals surface area contributed by atoms with E-state index in [1.807, 2.05) is 24.1 Å². The lowest BCUT2D eigenvalue weighted by Crippen LogP contribution is -2.28. The topological polar surface area (TPSA) is 63.1 Å². The molecule has 1 atom stereocenters. The average molecular weight is 260 g/mol. The predicted molar refractivity (Wildman–Crippen MR) is 72.2 cm³/mol. The number of rotatable bonds is 5. The Bertz CT molecular complexity index is 488. The lowest BCUT2D eigenvalue weighted by atomic mass is 10.1. The van der Waals surface area contributed by atoms with E-state index in [9.17, 15) is 4.79 Å². The first-order valence-corrected chi connectivity index (χ1v) is 6.66. The van der Waals surface area contributed by atoms with Crippen LogP contribution in [0.2, 0.25) is 0 Å². The van der Waals surface area contributed by atoms with Gasteiger partial charge in [-0.25, -0.2) is 0 Å². The maximum absolute atomic E-state index is 11.7. The molecular formula is C14H20N4O. The van der Waals surface area contributed by atoms with Crippen molar-refractivity contribution in [2.45, 2.75) is 19.9 Å². The lowest BCUT2D eigenvalue weighted by Gasteiger charge is -2.20. The van der Waals surface area contributed by atoms with Crippen LogP contribution in [0.15, 0.2) is 12.3 Å². The summed E-state index contributed by atoms with van der Waals surface area (Å²) in [4.78, 5) is 18.7. The van der Waals surface area contributed by atoms with Crippen LogP contribution in [0.3, 0.4) is 0 Å². The van der Waals surface area contributed by atoms with Gasteiger partial charge in [0.05, 0.1) is 0 Å². The Balaban J connectivity index is 1.83. The molecule has 1 fully saturated rings. The number of hydrogen-bond acceptors (Lipinski definition) is 3. The number of likely N-dealkylation sites (tertiary alicyclic amines) is 1. The predicted octanol–water partition coefficient (Wildman–Crippen LogP) is 1.19. The van der Waals surface area contributed by atoms with Gasteiger partial charge in [0.2, 0.25) is 5.91 Å². The Morgan fingerprint density at radius 3 is 3.00 bits per heavy atom. The monoisotopic (exact) mass is 260 g/mol. The van der Waals surface area contributed by atoms with Gasteiger partial charge in [-0.3, -0.25) is 4.79 Å². The highest BCUT2D eigenvalue weighted by atomic mass is 16.2. The zero-order valence-electron chi connectivity index (χ0n) is 11.5. The maximum atomic E-state index is 11.7. The van der Waals surface area contributed by atoms with Crippen LogP contribution >= 0.6 is 0 Å². The molecule has 2 rings (SSSR count). The summed E-state index contributed by atoms with van der Waals surface area (Å²) in [7, 11) is 2.05. The minimum Gasteiger partial charge on any atom is -0.353 e. The van der Waals surface area contributed by atoms with Crippen LogP contribution in [-0.2, 0) is 11.3 Å². The van der Waals surface area contributed by atoms with Crippen LogP contribution in [0.5, 0.6) is 0 Å². The molecule has 1 saturated heterocycles. The van der Waals surface area contributed by atoms with Crippen molar-refractivity contribution in [3.8, 4) is 6.07 Å². The highest BCUT2D eigenvalue weighted by Gasteiger charge is 2.28. The Labute approximate surface area is 113 Å². The van der Waals surface area contributed by atoms with Crippen molar-refractivity contribution in [1.29, 1.82) is 5.26 Å². The van der Waals surface area contributed by atoms with Gasteiger partial charge < -0.3 is 14.8 Å². The third kappa shape index (κ3) is 3.36. The van der Waals surface area contributed by atoms with Gasteiger partial charge in [-0.05, 0) is 31.5 Å². The molecule has 1 amide bonds. The molecule has 0 aromatic carbocycles. The summed E-state index contributed by atoms with van der Waals surface area (Å²) in [5, 5.41) is 8.76. The molecule has 2 heterocycles. The smallest absolute Gasteiger partial charge is 0.222 e. The zero-order valence-corrected chi connectivity index (χ0v) is 11.5. The highest BCUT2D eigenvalue weighted by Crippen LogP contribution is 2.19. The molecule has 0 saturated carbocycles. The SMILES string of the molecule is CCN1CC(CN(C)Cc2c[nH]c(C#N)c2)CC1=O. The molecule has 1 aromatic rings. The second kappa shape index (κ2) is 5.89. The summed E-state index contributed by atoms with van der Waals surface area (Å²) < 4.78 is 0. The Kier molecular flexibility index (Phi) is 4.23. The summed E-state index contributed by atoms with van der Waals surface area (Å²) in [5.74, 6) is 0.696. The number of carbonyl (C=O) groups is 1. The molecule has 0 bridgehead atoms. The van der Waals surface area contributed by atoms with E-state index in [1.165, 1.54) is 0 Å². The summed E-state index contributed by atoms with van der Waals surface area (Å²) in [5.41, 5.74) is 1.70.